The Morgan fingerprint density at radius 3 is 2.50 bits per heavy atom. The second kappa shape index (κ2) is 5.35. The average molecular weight is 193 g/mol. The van der Waals surface area contributed by atoms with Gasteiger partial charge in [-0.1, -0.05) is 13.8 Å². The molecule has 0 bridgehead atoms. The summed E-state index contributed by atoms with van der Waals surface area (Å²) in [6.07, 6.45) is 7.84. The fourth-order valence-electron chi connectivity index (χ4n) is 1.14. The van der Waals surface area contributed by atoms with Crippen molar-refractivity contribution in [3.8, 4) is 0 Å². The van der Waals surface area contributed by atoms with E-state index in [1.807, 2.05) is 39.5 Å². The van der Waals surface area contributed by atoms with Crippen LogP contribution in [0.4, 0.5) is 0 Å². The van der Waals surface area contributed by atoms with Gasteiger partial charge in [-0.3, -0.25) is 4.79 Å². The van der Waals surface area contributed by atoms with Gasteiger partial charge in [0, 0.05) is 12.5 Å². The molecule has 1 saturated carbocycles. The van der Waals surface area contributed by atoms with E-state index >= 15 is 0 Å². The van der Waals surface area contributed by atoms with Gasteiger partial charge in [0.15, 0.2) is 0 Å². The lowest BCUT2D eigenvalue weighted by Gasteiger charge is -2.16. The zero-order valence-electron chi connectivity index (χ0n) is 8.66. The van der Waals surface area contributed by atoms with Crippen molar-refractivity contribution in [3.63, 3.8) is 0 Å². The van der Waals surface area contributed by atoms with E-state index in [4.69, 9.17) is 5.73 Å². The van der Waals surface area contributed by atoms with E-state index in [-0.39, 0.29) is 11.8 Å². The molecule has 0 unspecified atom stereocenters. The molecular weight excluding hydrogens is 176 g/mol. The van der Waals surface area contributed by atoms with E-state index < -0.39 is 6.04 Å². The lowest BCUT2D eigenvalue weighted by atomic mass is 10.0. The van der Waals surface area contributed by atoms with E-state index in [1.165, 1.54) is 0 Å². The molecule has 0 aromatic rings. The van der Waals surface area contributed by atoms with Crippen molar-refractivity contribution in [2.75, 3.05) is 6.54 Å². The summed E-state index contributed by atoms with van der Waals surface area (Å²) in [7, 11) is 0. The number of amides is 1. The number of hydrogen-bond acceptors (Lipinski definition) is 2. The maximum Gasteiger partial charge on any atom is 0.237 e. The predicted molar refractivity (Wildman–Crippen MR) is 56.3 cm³/mol. The lowest BCUT2D eigenvalue weighted by Crippen LogP contribution is -2.45. The van der Waals surface area contributed by atoms with Gasteiger partial charge >= 0.3 is 0 Å². The zero-order valence-corrected chi connectivity index (χ0v) is 8.66. The van der Waals surface area contributed by atoms with Gasteiger partial charge in [0.1, 0.15) is 0 Å². The Kier molecular flexibility index (Phi) is 4.39. The maximum absolute atomic E-state index is 11.4. The van der Waals surface area contributed by atoms with Crippen molar-refractivity contribution in [2.24, 2.45) is 11.7 Å². The van der Waals surface area contributed by atoms with E-state index in [9.17, 15) is 4.79 Å². The molecule has 0 aromatic heterocycles. The molecule has 77 valence electrons. The quantitative estimate of drug-likeness (QED) is 0.682. The van der Waals surface area contributed by atoms with Crippen LogP contribution in [0.2, 0.25) is 0 Å². The van der Waals surface area contributed by atoms with E-state index in [0.717, 1.165) is 5.92 Å². The Morgan fingerprint density at radius 2 is 2.00 bits per heavy atom. The third kappa shape index (κ3) is 3.29. The van der Waals surface area contributed by atoms with Gasteiger partial charge in [0.2, 0.25) is 5.91 Å². The number of rotatable bonds is 4. The van der Waals surface area contributed by atoms with E-state index in [2.05, 4.69) is 5.32 Å². The smallest absolute Gasteiger partial charge is 0.237 e. The van der Waals surface area contributed by atoms with E-state index in [1.54, 1.807) is 0 Å². The number of nitrogens with one attached hydrogen (secondary N) is 1. The highest BCUT2D eigenvalue weighted by Crippen LogP contribution is 2.21. The molecule has 0 aliphatic heterocycles. The minimum absolute atomic E-state index is 0.0822. The molecule has 3 nitrogen and oxygen atoms in total. The number of hydrogen-bond donors (Lipinski definition) is 2. The molecule has 14 heavy (non-hydrogen) atoms. The molecule has 0 saturated heterocycles. The Labute approximate surface area is 86.4 Å². The lowest BCUT2D eigenvalue weighted by molar-refractivity contribution is -0.123. The molecular formula is C11H17N2O. The standard InChI is InChI=1S/C11H17N2O/c1-8(2)10(12)11(14)13-7-9-5-3-4-6-9/h3-6,8,10H,7,12H2,1-2H3,(H,13,14)/t10-/m0/s1. The van der Waals surface area contributed by atoms with Crippen LogP contribution in [0.15, 0.2) is 0 Å². The van der Waals surface area contributed by atoms with Gasteiger partial charge < -0.3 is 11.1 Å². The SMILES string of the molecule is CC(C)[C@H](N)C(=O)NC[C]1[CH][CH][CH][CH]1. The van der Waals surface area contributed by atoms with Crippen LogP contribution in [0.3, 0.4) is 0 Å². The third-order valence-electron chi connectivity index (χ3n) is 2.22. The van der Waals surface area contributed by atoms with Crippen LogP contribution >= 0.6 is 0 Å². The molecule has 1 atom stereocenters. The van der Waals surface area contributed by atoms with Crippen LogP contribution in [0.1, 0.15) is 13.8 Å². The molecule has 0 spiro atoms. The highest BCUT2D eigenvalue weighted by atomic mass is 16.2. The van der Waals surface area contributed by atoms with Crippen LogP contribution in [-0.2, 0) is 4.79 Å². The highest BCUT2D eigenvalue weighted by Gasteiger charge is 2.20. The molecule has 1 rings (SSSR count). The number of nitrogens with two attached hydrogens (primary N) is 1. The molecule has 1 aliphatic carbocycles. The summed E-state index contributed by atoms with van der Waals surface area (Å²) in [5.74, 6) is 1.20. The predicted octanol–water partition coefficient (Wildman–Crippen LogP) is 0.491. The van der Waals surface area contributed by atoms with E-state index in [0.29, 0.717) is 6.54 Å². The monoisotopic (exact) mass is 193 g/mol. The summed E-state index contributed by atoms with van der Waals surface area (Å²) in [5, 5.41) is 2.80. The van der Waals surface area contributed by atoms with Crippen molar-refractivity contribution >= 4 is 5.91 Å². The molecule has 1 aliphatic rings. The van der Waals surface area contributed by atoms with Crippen LogP contribution < -0.4 is 11.1 Å². The fourth-order valence-corrected chi connectivity index (χ4v) is 1.14. The second-order valence-corrected chi connectivity index (χ2v) is 3.78. The van der Waals surface area contributed by atoms with Gasteiger partial charge in [0.25, 0.3) is 0 Å². The topological polar surface area (TPSA) is 55.1 Å². The number of carbonyl (C=O) groups excluding carboxylic acids is 1. The summed E-state index contributed by atoms with van der Waals surface area (Å²) in [6, 6.07) is -0.412. The molecule has 1 fully saturated rings. The van der Waals surface area contributed by atoms with Crippen LogP contribution in [0.25, 0.3) is 0 Å². The second-order valence-electron chi connectivity index (χ2n) is 3.78. The summed E-state index contributed by atoms with van der Waals surface area (Å²) >= 11 is 0. The first kappa shape index (κ1) is 11.5. The van der Waals surface area contributed by atoms with Gasteiger partial charge in [-0.15, -0.1) is 0 Å². The van der Waals surface area contributed by atoms with Gasteiger partial charge in [-0.05, 0) is 31.6 Å². The molecule has 5 radical (unpaired) electrons. The molecule has 3 N–H and O–H groups in total. The van der Waals surface area contributed by atoms with Crippen molar-refractivity contribution < 1.29 is 4.79 Å². The summed E-state index contributed by atoms with van der Waals surface area (Å²) in [5.41, 5.74) is 5.69. The zero-order chi connectivity index (χ0) is 10.6. The van der Waals surface area contributed by atoms with Gasteiger partial charge in [0.05, 0.1) is 6.04 Å². The molecule has 1 amide bonds. The molecule has 3 heteroatoms. The number of carbonyl (C=O) groups is 1. The minimum atomic E-state index is -0.412. The molecule has 0 heterocycles. The average Bonchev–Trinajstić information content (AvgIpc) is 2.65. The van der Waals surface area contributed by atoms with Crippen LogP contribution in [0, 0.1) is 37.5 Å². The first-order chi connectivity index (χ1) is 6.61. The Bertz CT molecular complexity index is 186. The molecule has 0 aromatic carbocycles. The van der Waals surface area contributed by atoms with Crippen LogP contribution in [-0.4, -0.2) is 18.5 Å². The first-order valence-corrected chi connectivity index (χ1v) is 4.85. The van der Waals surface area contributed by atoms with Crippen molar-refractivity contribution in [2.45, 2.75) is 19.9 Å². The minimum Gasteiger partial charge on any atom is -0.354 e. The maximum atomic E-state index is 11.4. The first-order valence-electron chi connectivity index (χ1n) is 4.85. The largest absolute Gasteiger partial charge is 0.354 e. The third-order valence-corrected chi connectivity index (χ3v) is 2.22. The van der Waals surface area contributed by atoms with Crippen molar-refractivity contribution in [1.82, 2.24) is 5.32 Å². The Morgan fingerprint density at radius 1 is 1.43 bits per heavy atom. The van der Waals surface area contributed by atoms with Gasteiger partial charge in [-0.2, -0.15) is 0 Å². The fraction of sp³-hybridized carbons (Fsp3) is 0.455. The van der Waals surface area contributed by atoms with Gasteiger partial charge in [-0.25, -0.2) is 0 Å². The highest BCUT2D eigenvalue weighted by molar-refractivity contribution is 5.82. The Hall–Kier alpha value is -0.570. The van der Waals surface area contributed by atoms with Crippen molar-refractivity contribution in [3.05, 3.63) is 31.6 Å². The Balaban J connectivity index is 2.19. The van der Waals surface area contributed by atoms with Crippen LogP contribution in [0.5, 0.6) is 0 Å². The summed E-state index contributed by atoms with van der Waals surface area (Å²) in [6.45, 7) is 4.44. The van der Waals surface area contributed by atoms with Crippen molar-refractivity contribution in [1.29, 1.82) is 0 Å². The summed E-state index contributed by atoms with van der Waals surface area (Å²) < 4.78 is 0. The normalized spacial score (nSPS) is 20.0. The summed E-state index contributed by atoms with van der Waals surface area (Å²) in [4.78, 5) is 11.4.